The van der Waals surface area contributed by atoms with Crippen molar-refractivity contribution in [3.8, 4) is 0 Å². The predicted octanol–water partition coefficient (Wildman–Crippen LogP) is 3.06. The summed E-state index contributed by atoms with van der Waals surface area (Å²) in [6.07, 6.45) is 1.85. The van der Waals surface area contributed by atoms with Crippen LogP contribution in [0.5, 0.6) is 0 Å². The largest absolute Gasteiger partial charge is 0.481 e. The summed E-state index contributed by atoms with van der Waals surface area (Å²) in [5.41, 5.74) is 0.396. The van der Waals surface area contributed by atoms with Crippen molar-refractivity contribution in [1.82, 2.24) is 4.90 Å². The summed E-state index contributed by atoms with van der Waals surface area (Å²) in [5, 5.41) is 9.31. The molecule has 7 heteroatoms. The maximum absolute atomic E-state index is 14.1. The molecular weight excluding hydrogens is 349 g/mol. The van der Waals surface area contributed by atoms with Gasteiger partial charge in [0.05, 0.1) is 6.42 Å². The Bertz CT molecular complexity index is 642. The lowest BCUT2D eigenvalue weighted by molar-refractivity contribution is -0.141. The van der Waals surface area contributed by atoms with E-state index in [0.717, 1.165) is 0 Å². The van der Waals surface area contributed by atoms with E-state index in [2.05, 4.69) is 0 Å². The molecule has 0 spiro atoms. The SMILES string of the molecule is O=C(O)CCN(C(=O)[C@H]1C[C@H]1c1c(F)cccc1Cl)C1CCOCC1. The number of carbonyl (C=O) groups excluding carboxylic acids is 1. The summed E-state index contributed by atoms with van der Waals surface area (Å²) in [6.45, 7) is 1.30. The molecule has 2 atom stereocenters. The highest BCUT2D eigenvalue weighted by molar-refractivity contribution is 6.31. The lowest BCUT2D eigenvalue weighted by Crippen LogP contribution is -2.45. The normalized spacial score (nSPS) is 23.3. The van der Waals surface area contributed by atoms with Crippen LogP contribution in [0.3, 0.4) is 0 Å². The Morgan fingerprint density at radius 2 is 2.04 bits per heavy atom. The van der Waals surface area contributed by atoms with Crippen LogP contribution in [-0.2, 0) is 14.3 Å². The summed E-state index contributed by atoms with van der Waals surface area (Å²) in [7, 11) is 0. The molecule has 0 unspecified atom stereocenters. The number of halogens is 2. The monoisotopic (exact) mass is 369 g/mol. The number of rotatable bonds is 6. The fraction of sp³-hybridized carbons (Fsp3) is 0.556. The van der Waals surface area contributed by atoms with E-state index in [1.807, 2.05) is 0 Å². The van der Waals surface area contributed by atoms with Gasteiger partial charge in [-0.15, -0.1) is 0 Å². The van der Waals surface area contributed by atoms with Gasteiger partial charge in [0.25, 0.3) is 0 Å². The van der Waals surface area contributed by atoms with E-state index in [4.69, 9.17) is 21.4 Å². The van der Waals surface area contributed by atoms with Crippen molar-refractivity contribution in [2.45, 2.75) is 37.6 Å². The van der Waals surface area contributed by atoms with Gasteiger partial charge in [-0.3, -0.25) is 9.59 Å². The third-order valence-corrected chi connectivity index (χ3v) is 5.29. The van der Waals surface area contributed by atoms with Crippen LogP contribution in [0.15, 0.2) is 18.2 Å². The van der Waals surface area contributed by atoms with Gasteiger partial charge >= 0.3 is 5.97 Å². The molecule has 1 N–H and O–H groups in total. The average molecular weight is 370 g/mol. The summed E-state index contributed by atoms with van der Waals surface area (Å²) in [6, 6.07) is 4.50. The number of benzene rings is 1. The molecule has 0 aromatic heterocycles. The number of carbonyl (C=O) groups is 2. The Kier molecular flexibility index (Phi) is 5.59. The minimum atomic E-state index is -0.936. The molecule has 0 bridgehead atoms. The van der Waals surface area contributed by atoms with Crippen molar-refractivity contribution in [3.05, 3.63) is 34.6 Å². The molecule has 1 amide bonds. The molecule has 1 aliphatic heterocycles. The molecule has 1 saturated carbocycles. The van der Waals surface area contributed by atoms with Gasteiger partial charge in [-0.2, -0.15) is 0 Å². The van der Waals surface area contributed by atoms with Crippen molar-refractivity contribution in [2.24, 2.45) is 5.92 Å². The molecule has 1 aliphatic carbocycles. The van der Waals surface area contributed by atoms with Crippen LogP contribution in [-0.4, -0.2) is 47.7 Å². The van der Waals surface area contributed by atoms with Gasteiger partial charge in [0.1, 0.15) is 5.82 Å². The van der Waals surface area contributed by atoms with Crippen molar-refractivity contribution in [2.75, 3.05) is 19.8 Å². The first-order chi connectivity index (χ1) is 12.0. The van der Waals surface area contributed by atoms with E-state index in [9.17, 15) is 14.0 Å². The number of ether oxygens (including phenoxy) is 1. The van der Waals surface area contributed by atoms with E-state index in [0.29, 0.717) is 43.1 Å². The standard InChI is InChI=1S/C18H21ClFNO4/c19-14-2-1-3-15(20)17(14)12-10-13(12)18(24)21(7-4-16(22)23)11-5-8-25-9-6-11/h1-3,11-13H,4-10H2,(H,22,23)/t12-,13+/m1/s1. The third-order valence-electron chi connectivity index (χ3n) is 4.96. The van der Waals surface area contributed by atoms with Crippen molar-refractivity contribution in [3.63, 3.8) is 0 Å². The number of hydrogen-bond acceptors (Lipinski definition) is 3. The number of hydrogen-bond donors (Lipinski definition) is 1. The maximum Gasteiger partial charge on any atom is 0.305 e. The number of amides is 1. The molecule has 2 aliphatic rings. The van der Waals surface area contributed by atoms with Crippen LogP contribution in [0.25, 0.3) is 0 Å². The molecule has 25 heavy (non-hydrogen) atoms. The lowest BCUT2D eigenvalue weighted by atomic mass is 10.0. The first kappa shape index (κ1) is 18.1. The molecule has 1 aromatic rings. The topological polar surface area (TPSA) is 66.8 Å². The fourth-order valence-electron chi connectivity index (χ4n) is 3.55. The zero-order valence-corrected chi connectivity index (χ0v) is 14.5. The van der Waals surface area contributed by atoms with Crippen LogP contribution in [0.2, 0.25) is 5.02 Å². The van der Waals surface area contributed by atoms with Crippen molar-refractivity contribution < 1.29 is 23.8 Å². The maximum atomic E-state index is 14.1. The van der Waals surface area contributed by atoms with Crippen LogP contribution in [0, 0.1) is 11.7 Å². The molecule has 1 heterocycles. The van der Waals surface area contributed by atoms with E-state index < -0.39 is 11.8 Å². The van der Waals surface area contributed by atoms with Gasteiger partial charge < -0.3 is 14.7 Å². The fourth-order valence-corrected chi connectivity index (χ4v) is 3.85. The molecule has 3 rings (SSSR count). The molecule has 2 fully saturated rings. The smallest absolute Gasteiger partial charge is 0.305 e. The summed E-state index contributed by atoms with van der Waals surface area (Å²) in [5.74, 6) is -1.98. The molecule has 136 valence electrons. The summed E-state index contributed by atoms with van der Waals surface area (Å²) >= 11 is 6.11. The number of carboxylic acid groups (broad SMARTS) is 1. The van der Waals surface area contributed by atoms with Crippen molar-refractivity contribution in [1.29, 1.82) is 0 Å². The second-order valence-electron chi connectivity index (χ2n) is 6.60. The average Bonchev–Trinajstić information content (AvgIpc) is 3.36. The first-order valence-corrected chi connectivity index (χ1v) is 8.90. The quantitative estimate of drug-likeness (QED) is 0.836. The Morgan fingerprint density at radius 1 is 1.32 bits per heavy atom. The van der Waals surface area contributed by atoms with Gasteiger partial charge in [0.15, 0.2) is 0 Å². The van der Waals surface area contributed by atoms with E-state index >= 15 is 0 Å². The highest BCUT2D eigenvalue weighted by Gasteiger charge is 2.48. The van der Waals surface area contributed by atoms with Gasteiger partial charge in [-0.25, -0.2) is 4.39 Å². The second-order valence-corrected chi connectivity index (χ2v) is 7.01. The van der Waals surface area contributed by atoms with E-state index in [1.165, 1.54) is 6.07 Å². The zero-order valence-electron chi connectivity index (χ0n) is 13.8. The second kappa shape index (κ2) is 7.70. The Hall–Kier alpha value is -1.66. The van der Waals surface area contributed by atoms with E-state index in [-0.39, 0.29) is 36.8 Å². The van der Waals surface area contributed by atoms with Gasteiger partial charge in [-0.1, -0.05) is 17.7 Å². The first-order valence-electron chi connectivity index (χ1n) is 8.53. The number of nitrogens with zero attached hydrogens (tertiary/aromatic N) is 1. The third kappa shape index (κ3) is 4.12. The van der Waals surface area contributed by atoms with Gasteiger partial charge in [0.2, 0.25) is 5.91 Å². The zero-order chi connectivity index (χ0) is 18.0. The van der Waals surface area contributed by atoms with Crippen LogP contribution in [0.1, 0.15) is 37.2 Å². The van der Waals surface area contributed by atoms with Crippen molar-refractivity contribution >= 4 is 23.5 Å². The van der Waals surface area contributed by atoms with Crippen LogP contribution in [0.4, 0.5) is 4.39 Å². The van der Waals surface area contributed by atoms with Crippen LogP contribution < -0.4 is 0 Å². The molecule has 5 nitrogen and oxygen atoms in total. The molecule has 0 radical (unpaired) electrons. The molecule has 1 saturated heterocycles. The number of carboxylic acids is 1. The van der Waals surface area contributed by atoms with E-state index in [1.54, 1.807) is 17.0 Å². The highest BCUT2D eigenvalue weighted by Crippen LogP contribution is 2.51. The van der Waals surface area contributed by atoms with Crippen LogP contribution >= 0.6 is 11.6 Å². The minimum Gasteiger partial charge on any atom is -0.481 e. The highest BCUT2D eigenvalue weighted by atomic mass is 35.5. The molecular formula is C18H21ClFNO4. The molecule has 1 aromatic carbocycles. The minimum absolute atomic E-state index is 0.0158. The Balaban J connectivity index is 1.73. The predicted molar refractivity (Wildman–Crippen MR) is 90.1 cm³/mol. The Morgan fingerprint density at radius 3 is 2.68 bits per heavy atom. The summed E-state index contributed by atoms with van der Waals surface area (Å²) in [4.78, 5) is 25.6. The summed E-state index contributed by atoms with van der Waals surface area (Å²) < 4.78 is 19.4. The lowest BCUT2D eigenvalue weighted by Gasteiger charge is -2.34. The van der Waals surface area contributed by atoms with Gasteiger partial charge in [0, 0.05) is 48.2 Å². The Labute approximate surface area is 150 Å². The number of aliphatic carboxylic acids is 1. The van der Waals surface area contributed by atoms with Gasteiger partial charge in [-0.05, 0) is 31.4 Å².